The number of carbonyl (C=O) groups excluding carboxylic acids is 2. The van der Waals surface area contributed by atoms with Gasteiger partial charge in [-0.25, -0.2) is 9.97 Å². The smallest absolute Gasteiger partial charge is 0.241 e. The fourth-order valence-electron chi connectivity index (χ4n) is 5.42. The zero-order valence-electron chi connectivity index (χ0n) is 23.1. The molecule has 0 aliphatic heterocycles. The summed E-state index contributed by atoms with van der Waals surface area (Å²) < 4.78 is 11.8. The molecule has 4 rings (SSSR count). The molecule has 1 atom stereocenters. The van der Waals surface area contributed by atoms with E-state index in [-0.39, 0.29) is 11.9 Å². The van der Waals surface area contributed by atoms with Gasteiger partial charge < -0.3 is 14.5 Å². The van der Waals surface area contributed by atoms with Gasteiger partial charge in [0.15, 0.2) is 5.76 Å². The Labute approximate surface area is 225 Å². The maximum atomic E-state index is 13.6. The minimum Gasteiger partial charge on any atom is -0.480 e. The molecule has 204 valence electrons. The molecule has 8 nitrogen and oxygen atoms in total. The Kier molecular flexibility index (Phi) is 9.15. The number of methoxy groups -OCH3 is 1. The second-order valence-corrected chi connectivity index (χ2v) is 10.5. The van der Waals surface area contributed by atoms with Crippen molar-refractivity contribution in [3.05, 3.63) is 42.4 Å². The lowest BCUT2D eigenvalue weighted by Gasteiger charge is -2.35. The number of ketones is 1. The molecule has 0 bridgehead atoms. The van der Waals surface area contributed by atoms with Gasteiger partial charge in [-0.05, 0) is 51.9 Å². The Bertz CT molecular complexity index is 1250. The highest BCUT2D eigenvalue weighted by Gasteiger charge is 2.44. The number of pyridine rings is 1. The van der Waals surface area contributed by atoms with E-state index < -0.39 is 5.54 Å². The van der Waals surface area contributed by atoms with Crippen LogP contribution in [0.1, 0.15) is 83.1 Å². The van der Waals surface area contributed by atoms with Crippen molar-refractivity contribution in [2.24, 2.45) is 0 Å². The molecule has 0 unspecified atom stereocenters. The van der Waals surface area contributed by atoms with Gasteiger partial charge in [0.05, 0.1) is 29.9 Å². The van der Waals surface area contributed by atoms with Crippen molar-refractivity contribution in [1.29, 1.82) is 0 Å². The first-order valence-electron chi connectivity index (χ1n) is 13.8. The monoisotopic (exact) mass is 520 g/mol. The first-order chi connectivity index (χ1) is 18.4. The normalized spacial score (nSPS) is 15.6. The fraction of sp³-hybridized carbons (Fsp3) is 0.533. The number of ether oxygens (including phenoxy) is 1. The number of aromatic nitrogens is 2. The predicted molar refractivity (Wildman–Crippen MR) is 148 cm³/mol. The average Bonchev–Trinajstić information content (AvgIpc) is 3.62. The molecule has 1 aromatic carbocycles. The van der Waals surface area contributed by atoms with Crippen molar-refractivity contribution in [3.8, 4) is 17.2 Å². The molecule has 1 fully saturated rings. The van der Waals surface area contributed by atoms with E-state index in [0.717, 1.165) is 55.8 Å². The number of likely N-dealkylation sites (N-methyl/N-ethyl adjacent to an activating group) is 1. The zero-order chi connectivity index (χ0) is 27.1. The molecule has 2 heterocycles. The third kappa shape index (κ3) is 6.07. The van der Waals surface area contributed by atoms with Gasteiger partial charge in [0, 0.05) is 18.2 Å². The highest BCUT2D eigenvalue weighted by Crippen LogP contribution is 2.36. The molecular weight excluding hydrogens is 480 g/mol. The largest absolute Gasteiger partial charge is 0.480 e. The summed E-state index contributed by atoms with van der Waals surface area (Å²) in [5.41, 5.74) is 1.05. The van der Waals surface area contributed by atoms with Gasteiger partial charge in [0.2, 0.25) is 17.7 Å². The summed E-state index contributed by atoms with van der Waals surface area (Å²) in [6.07, 6.45) is 9.94. The number of Topliss-reactive ketones (excluding diaryl/α,β-unsaturated/α-hetero) is 1. The van der Waals surface area contributed by atoms with Gasteiger partial charge in [-0.15, -0.1) is 0 Å². The lowest BCUT2D eigenvalue weighted by molar-refractivity contribution is -0.133. The molecule has 1 aliphatic carbocycles. The first kappa shape index (κ1) is 27.8. The number of oxazole rings is 1. The predicted octanol–water partition coefficient (Wildman–Crippen LogP) is 5.86. The van der Waals surface area contributed by atoms with E-state index in [1.165, 1.54) is 0 Å². The average molecular weight is 521 g/mol. The molecule has 38 heavy (non-hydrogen) atoms. The van der Waals surface area contributed by atoms with Crippen LogP contribution < -0.4 is 10.1 Å². The highest BCUT2D eigenvalue weighted by molar-refractivity contribution is 5.87. The maximum absolute atomic E-state index is 13.6. The van der Waals surface area contributed by atoms with Gasteiger partial charge in [-0.2, -0.15) is 0 Å². The van der Waals surface area contributed by atoms with Crippen molar-refractivity contribution >= 4 is 22.6 Å². The molecule has 1 N–H and O–H groups in total. The summed E-state index contributed by atoms with van der Waals surface area (Å²) in [6.45, 7) is 1.90. The van der Waals surface area contributed by atoms with Gasteiger partial charge >= 0.3 is 0 Å². The summed E-state index contributed by atoms with van der Waals surface area (Å²) in [5, 5.41) is 4.25. The first-order valence-corrected chi connectivity index (χ1v) is 13.8. The number of amides is 1. The number of para-hydroxylation sites is 1. The Morgan fingerprint density at radius 1 is 1.16 bits per heavy atom. The van der Waals surface area contributed by atoms with Crippen LogP contribution in [-0.4, -0.2) is 53.3 Å². The van der Waals surface area contributed by atoms with E-state index in [0.29, 0.717) is 48.1 Å². The van der Waals surface area contributed by atoms with Gasteiger partial charge in [0.1, 0.15) is 11.8 Å². The van der Waals surface area contributed by atoms with Crippen LogP contribution in [0.2, 0.25) is 0 Å². The molecule has 1 aliphatic rings. The number of carbonyl (C=O) groups is 2. The summed E-state index contributed by atoms with van der Waals surface area (Å²) in [5.74, 6) is 1.80. The topological polar surface area (TPSA) is 97.6 Å². The summed E-state index contributed by atoms with van der Waals surface area (Å²) in [7, 11) is 5.55. The molecule has 8 heteroatoms. The molecule has 1 saturated carbocycles. The highest BCUT2D eigenvalue weighted by atomic mass is 16.5. The summed E-state index contributed by atoms with van der Waals surface area (Å²) >= 11 is 0. The number of nitrogens with one attached hydrogen (secondary N) is 1. The lowest BCUT2D eigenvalue weighted by Crippen LogP contribution is -2.55. The minimum absolute atomic E-state index is 0.0239. The number of benzene rings is 1. The number of unbranched alkanes of at least 4 members (excludes halogenated alkanes) is 2. The molecule has 0 radical (unpaired) electrons. The Hall–Kier alpha value is -3.26. The number of nitrogens with zero attached hydrogens (tertiary/aromatic N) is 3. The van der Waals surface area contributed by atoms with E-state index in [1.807, 2.05) is 51.4 Å². The maximum Gasteiger partial charge on any atom is 0.241 e. The van der Waals surface area contributed by atoms with Crippen LogP contribution >= 0.6 is 0 Å². The van der Waals surface area contributed by atoms with E-state index in [4.69, 9.17) is 9.15 Å². The number of rotatable bonds is 13. The van der Waals surface area contributed by atoms with Crippen molar-refractivity contribution in [3.63, 3.8) is 0 Å². The van der Waals surface area contributed by atoms with Crippen molar-refractivity contribution in [1.82, 2.24) is 20.2 Å². The Morgan fingerprint density at radius 3 is 2.63 bits per heavy atom. The van der Waals surface area contributed by atoms with Crippen LogP contribution in [-0.2, 0) is 9.59 Å². The molecule has 0 spiro atoms. The lowest BCUT2D eigenvalue weighted by atomic mass is 9.94. The minimum atomic E-state index is -0.507. The van der Waals surface area contributed by atoms with Crippen LogP contribution in [0, 0.1) is 0 Å². The van der Waals surface area contributed by atoms with Crippen LogP contribution in [0.3, 0.4) is 0 Å². The molecule has 0 saturated heterocycles. The Morgan fingerprint density at radius 2 is 1.92 bits per heavy atom. The van der Waals surface area contributed by atoms with Crippen LogP contribution in [0.15, 0.2) is 40.9 Å². The van der Waals surface area contributed by atoms with Crippen LogP contribution in [0.4, 0.5) is 0 Å². The van der Waals surface area contributed by atoms with Crippen molar-refractivity contribution in [2.45, 2.75) is 82.7 Å². The standard InChI is InChI=1S/C30H40N4O4/c1-5-22(35)14-7-6-8-16-25(33-29(36)30(34(2)3)17-11-12-18-30)28-31-20-26(38-28)23-19-21-13-9-10-15-24(21)32-27(23)37-4/h9-10,13,15,19-20,25H,5-8,11-12,14,16-18H2,1-4H3,(H,33,36)/t25-/m0/s1. The van der Waals surface area contributed by atoms with Crippen LogP contribution in [0.5, 0.6) is 5.88 Å². The van der Waals surface area contributed by atoms with E-state index in [2.05, 4.69) is 20.2 Å². The fourth-order valence-corrected chi connectivity index (χ4v) is 5.42. The molecular formula is C30H40N4O4. The van der Waals surface area contributed by atoms with Gasteiger partial charge in [-0.1, -0.05) is 50.8 Å². The second kappa shape index (κ2) is 12.5. The third-order valence-corrected chi connectivity index (χ3v) is 7.83. The number of hydrogen-bond acceptors (Lipinski definition) is 7. The summed E-state index contributed by atoms with van der Waals surface area (Å²) in [6, 6.07) is 9.47. The quantitative estimate of drug-likeness (QED) is 0.282. The number of fused-ring (bicyclic) bond motifs is 1. The SMILES string of the molecule is CCC(=O)CCCCC[C@H](NC(=O)C1(N(C)C)CCCC1)c1ncc(-c2cc3ccccc3nc2OC)o1. The van der Waals surface area contributed by atoms with Crippen molar-refractivity contribution < 1.29 is 18.7 Å². The molecule has 2 aromatic heterocycles. The van der Waals surface area contributed by atoms with E-state index in [9.17, 15) is 9.59 Å². The number of hydrogen-bond donors (Lipinski definition) is 1. The van der Waals surface area contributed by atoms with Crippen LogP contribution in [0.25, 0.3) is 22.2 Å². The second-order valence-electron chi connectivity index (χ2n) is 10.5. The van der Waals surface area contributed by atoms with E-state index in [1.54, 1.807) is 13.3 Å². The Balaban J connectivity index is 1.57. The van der Waals surface area contributed by atoms with Crippen molar-refractivity contribution in [2.75, 3.05) is 21.2 Å². The summed E-state index contributed by atoms with van der Waals surface area (Å²) in [4.78, 5) is 36.6. The zero-order valence-corrected chi connectivity index (χ0v) is 23.1. The molecule has 3 aromatic rings. The van der Waals surface area contributed by atoms with Gasteiger partial charge in [-0.3, -0.25) is 14.5 Å². The van der Waals surface area contributed by atoms with Gasteiger partial charge in [0.25, 0.3) is 0 Å². The van der Waals surface area contributed by atoms with E-state index >= 15 is 0 Å². The molecule has 1 amide bonds. The third-order valence-electron chi connectivity index (χ3n) is 7.83.